The van der Waals surface area contributed by atoms with Gasteiger partial charge in [0.25, 0.3) is 0 Å². The van der Waals surface area contributed by atoms with Gasteiger partial charge in [-0.15, -0.1) is 10.2 Å². The first-order valence-corrected chi connectivity index (χ1v) is 5.10. The van der Waals surface area contributed by atoms with Crippen LogP contribution in [0.5, 0.6) is 5.88 Å². The van der Waals surface area contributed by atoms with Gasteiger partial charge in [-0.1, -0.05) is 0 Å². The smallest absolute Gasteiger partial charge is 0.341 e. The summed E-state index contributed by atoms with van der Waals surface area (Å²) < 4.78 is 4.88. The van der Waals surface area contributed by atoms with E-state index in [-0.39, 0.29) is 5.88 Å². The van der Waals surface area contributed by atoms with Crippen LogP contribution in [0.3, 0.4) is 0 Å². The molecule has 0 atom stereocenters. The van der Waals surface area contributed by atoms with Gasteiger partial charge in [-0.2, -0.15) is 0 Å². The molecule has 0 radical (unpaired) electrons. The summed E-state index contributed by atoms with van der Waals surface area (Å²) in [5, 5.41) is 16.2. The number of carbonyl (C=O) groups is 1. The highest BCUT2D eigenvalue weighted by atomic mass is 16.5. The number of hydrogen-bond acceptors (Lipinski definition) is 5. The largest absolute Gasteiger partial charge is 0.479 e. The van der Waals surface area contributed by atoms with E-state index >= 15 is 0 Å². The third kappa shape index (κ3) is 3.38. The average Bonchev–Trinajstić information content (AvgIpc) is 2.29. The minimum absolute atomic E-state index is 0.221. The molecule has 0 spiro atoms. The fourth-order valence-electron chi connectivity index (χ4n) is 1.24. The number of nitrogens with zero attached hydrogens (tertiary/aromatic N) is 3. The van der Waals surface area contributed by atoms with Crippen molar-refractivity contribution in [1.29, 1.82) is 0 Å². The molecule has 1 rings (SSSR count). The second kappa shape index (κ2) is 5.89. The summed E-state index contributed by atoms with van der Waals surface area (Å²) in [5.41, 5.74) is 0. The molecule has 0 bridgehead atoms. The number of rotatable bonds is 6. The molecule has 0 amide bonds. The van der Waals surface area contributed by atoms with Crippen LogP contribution in [0.1, 0.15) is 13.8 Å². The van der Waals surface area contributed by atoms with E-state index in [1.165, 1.54) is 0 Å². The molecule has 0 saturated heterocycles. The summed E-state index contributed by atoms with van der Waals surface area (Å²) in [4.78, 5) is 12.3. The van der Waals surface area contributed by atoms with Crippen LogP contribution in [-0.4, -0.2) is 41.0 Å². The Morgan fingerprint density at radius 3 is 2.50 bits per heavy atom. The third-order valence-corrected chi connectivity index (χ3v) is 2.06. The Morgan fingerprint density at radius 1 is 1.38 bits per heavy atom. The van der Waals surface area contributed by atoms with Gasteiger partial charge in [-0.05, 0) is 19.9 Å². The van der Waals surface area contributed by atoms with E-state index in [1.807, 2.05) is 18.7 Å². The Kier molecular flexibility index (Phi) is 4.50. The average molecular weight is 225 g/mol. The maximum atomic E-state index is 10.3. The first-order chi connectivity index (χ1) is 7.67. The molecular weight excluding hydrogens is 210 g/mol. The van der Waals surface area contributed by atoms with E-state index < -0.39 is 12.6 Å². The second-order valence-corrected chi connectivity index (χ2v) is 3.08. The van der Waals surface area contributed by atoms with E-state index in [0.717, 1.165) is 18.9 Å². The normalized spacial score (nSPS) is 9.88. The summed E-state index contributed by atoms with van der Waals surface area (Å²) in [6.45, 7) is 5.35. The Labute approximate surface area is 93.9 Å². The molecule has 0 aromatic carbocycles. The summed E-state index contributed by atoms with van der Waals surface area (Å²) in [7, 11) is 0. The van der Waals surface area contributed by atoms with Crippen LogP contribution in [0.25, 0.3) is 0 Å². The SMILES string of the molecule is CCN(CC)c1ccc(OCC(=O)O)nn1. The molecule has 0 fully saturated rings. The Bertz CT molecular complexity index is 336. The lowest BCUT2D eigenvalue weighted by atomic mass is 10.4. The van der Waals surface area contributed by atoms with Gasteiger partial charge in [0.05, 0.1) is 0 Å². The van der Waals surface area contributed by atoms with Crippen molar-refractivity contribution in [2.45, 2.75) is 13.8 Å². The molecule has 6 nitrogen and oxygen atoms in total. The number of anilines is 1. The van der Waals surface area contributed by atoms with Gasteiger partial charge < -0.3 is 14.7 Å². The number of carboxylic acid groups (broad SMARTS) is 1. The molecule has 88 valence electrons. The summed E-state index contributed by atoms with van der Waals surface area (Å²) in [6, 6.07) is 3.38. The number of aromatic nitrogens is 2. The number of carboxylic acids is 1. The number of aliphatic carboxylic acids is 1. The molecule has 1 aromatic heterocycles. The van der Waals surface area contributed by atoms with Crippen molar-refractivity contribution in [3.63, 3.8) is 0 Å². The summed E-state index contributed by atoms with van der Waals surface area (Å²) in [6.07, 6.45) is 0. The minimum Gasteiger partial charge on any atom is -0.479 e. The molecule has 1 aromatic rings. The van der Waals surface area contributed by atoms with Crippen LogP contribution in [0.4, 0.5) is 5.82 Å². The molecule has 0 saturated carbocycles. The van der Waals surface area contributed by atoms with E-state index in [4.69, 9.17) is 9.84 Å². The number of ether oxygens (including phenoxy) is 1. The van der Waals surface area contributed by atoms with E-state index in [1.54, 1.807) is 12.1 Å². The van der Waals surface area contributed by atoms with Crippen LogP contribution in [0.2, 0.25) is 0 Å². The zero-order valence-corrected chi connectivity index (χ0v) is 9.38. The monoisotopic (exact) mass is 225 g/mol. The van der Waals surface area contributed by atoms with E-state index in [2.05, 4.69) is 10.2 Å². The first kappa shape index (κ1) is 12.2. The topological polar surface area (TPSA) is 75.5 Å². The third-order valence-electron chi connectivity index (χ3n) is 2.06. The molecular formula is C10H15N3O3. The quantitative estimate of drug-likeness (QED) is 0.771. The van der Waals surface area contributed by atoms with Gasteiger partial charge in [0.1, 0.15) is 0 Å². The van der Waals surface area contributed by atoms with Crippen LogP contribution in [0.15, 0.2) is 12.1 Å². The Morgan fingerprint density at radius 2 is 2.06 bits per heavy atom. The fourth-order valence-corrected chi connectivity index (χ4v) is 1.24. The predicted octanol–water partition coefficient (Wildman–Crippen LogP) is 0.786. The highest BCUT2D eigenvalue weighted by molar-refractivity contribution is 5.68. The van der Waals surface area contributed by atoms with Crippen molar-refractivity contribution in [2.24, 2.45) is 0 Å². The number of hydrogen-bond donors (Lipinski definition) is 1. The Hall–Kier alpha value is -1.85. The Balaban J connectivity index is 2.63. The van der Waals surface area contributed by atoms with E-state index in [9.17, 15) is 4.79 Å². The van der Waals surface area contributed by atoms with E-state index in [0.29, 0.717) is 0 Å². The van der Waals surface area contributed by atoms with Gasteiger partial charge in [0, 0.05) is 19.2 Å². The maximum Gasteiger partial charge on any atom is 0.341 e. The van der Waals surface area contributed by atoms with Crippen LogP contribution in [0, 0.1) is 0 Å². The van der Waals surface area contributed by atoms with Crippen LogP contribution < -0.4 is 9.64 Å². The molecule has 1 N–H and O–H groups in total. The maximum absolute atomic E-state index is 10.3. The van der Waals surface area contributed by atoms with Crippen molar-refractivity contribution in [3.05, 3.63) is 12.1 Å². The molecule has 16 heavy (non-hydrogen) atoms. The predicted molar refractivity (Wildman–Crippen MR) is 58.7 cm³/mol. The van der Waals surface area contributed by atoms with Crippen molar-refractivity contribution in [2.75, 3.05) is 24.6 Å². The summed E-state index contributed by atoms with van der Waals surface area (Å²) >= 11 is 0. The lowest BCUT2D eigenvalue weighted by Crippen LogP contribution is -2.23. The van der Waals surface area contributed by atoms with Crippen molar-refractivity contribution in [1.82, 2.24) is 10.2 Å². The van der Waals surface area contributed by atoms with Crippen molar-refractivity contribution in [3.8, 4) is 5.88 Å². The van der Waals surface area contributed by atoms with Gasteiger partial charge in [-0.3, -0.25) is 0 Å². The van der Waals surface area contributed by atoms with Crippen molar-refractivity contribution >= 4 is 11.8 Å². The minimum atomic E-state index is -1.03. The van der Waals surface area contributed by atoms with Crippen LogP contribution >= 0.6 is 0 Å². The van der Waals surface area contributed by atoms with Gasteiger partial charge in [0.2, 0.25) is 5.88 Å². The highest BCUT2D eigenvalue weighted by Crippen LogP contribution is 2.12. The highest BCUT2D eigenvalue weighted by Gasteiger charge is 2.05. The molecule has 0 aliphatic rings. The molecule has 0 aliphatic carbocycles. The lowest BCUT2D eigenvalue weighted by Gasteiger charge is -2.18. The van der Waals surface area contributed by atoms with Crippen molar-refractivity contribution < 1.29 is 14.6 Å². The van der Waals surface area contributed by atoms with Gasteiger partial charge in [-0.25, -0.2) is 4.79 Å². The lowest BCUT2D eigenvalue weighted by molar-refractivity contribution is -0.139. The summed E-state index contributed by atoms with van der Waals surface area (Å²) in [5.74, 6) is -0.0550. The standard InChI is InChI=1S/C10H15N3O3/c1-3-13(4-2)8-5-6-9(12-11-8)16-7-10(14)15/h5-6H,3-4,7H2,1-2H3,(H,14,15). The second-order valence-electron chi connectivity index (χ2n) is 3.08. The molecule has 6 heteroatoms. The first-order valence-electron chi connectivity index (χ1n) is 5.10. The zero-order chi connectivity index (χ0) is 12.0. The fraction of sp³-hybridized carbons (Fsp3) is 0.500. The van der Waals surface area contributed by atoms with Gasteiger partial charge >= 0.3 is 5.97 Å². The zero-order valence-electron chi connectivity index (χ0n) is 9.38. The molecule has 1 heterocycles. The van der Waals surface area contributed by atoms with Crippen LogP contribution in [-0.2, 0) is 4.79 Å². The van der Waals surface area contributed by atoms with Gasteiger partial charge in [0.15, 0.2) is 12.4 Å². The molecule has 0 unspecified atom stereocenters. The molecule has 0 aliphatic heterocycles.